The third-order valence-corrected chi connectivity index (χ3v) is 3.74. The van der Waals surface area contributed by atoms with Crippen molar-refractivity contribution in [2.24, 2.45) is 0 Å². The molecule has 3 aromatic rings. The lowest BCUT2D eigenvalue weighted by molar-refractivity contribution is -0.275. The van der Waals surface area contributed by atoms with Gasteiger partial charge >= 0.3 is 12.7 Å². The van der Waals surface area contributed by atoms with Gasteiger partial charge in [0, 0.05) is 23.5 Å². The fourth-order valence-electron chi connectivity index (χ4n) is 2.59. The number of hydrogen-bond acceptors (Lipinski definition) is 3. The van der Waals surface area contributed by atoms with Crippen LogP contribution in [0, 0.1) is 0 Å². The molecule has 10 heteroatoms. The number of hydrogen-bond donors (Lipinski definition) is 1. The maximum Gasteiger partial charge on any atom is 0.573 e. The standard InChI is InChI=1S/C19H11F6NO3/c20-18(21,22)28-13-5-1-11(2-6-13)15-9-26-10-16(17(15)27)12-3-7-14(8-4-12)29-19(23,24)25/h1-10H,(H,26,27). The predicted molar refractivity (Wildman–Crippen MR) is 91.3 cm³/mol. The molecule has 0 bridgehead atoms. The highest BCUT2D eigenvalue weighted by Gasteiger charge is 2.31. The second-order valence-electron chi connectivity index (χ2n) is 5.76. The van der Waals surface area contributed by atoms with Crippen molar-refractivity contribution in [2.75, 3.05) is 0 Å². The van der Waals surface area contributed by atoms with E-state index >= 15 is 0 Å². The average molecular weight is 415 g/mol. The number of H-pyrrole nitrogens is 1. The third-order valence-electron chi connectivity index (χ3n) is 3.74. The predicted octanol–water partition coefficient (Wildman–Crippen LogP) is 5.51. The van der Waals surface area contributed by atoms with Crippen molar-refractivity contribution in [1.29, 1.82) is 0 Å². The van der Waals surface area contributed by atoms with Gasteiger partial charge in [0.2, 0.25) is 0 Å². The number of aromatic nitrogens is 1. The third kappa shape index (κ3) is 5.31. The van der Waals surface area contributed by atoms with E-state index in [1.54, 1.807) is 0 Å². The van der Waals surface area contributed by atoms with Crippen LogP contribution in [0.5, 0.6) is 11.5 Å². The van der Waals surface area contributed by atoms with Gasteiger partial charge in [-0.25, -0.2) is 0 Å². The molecule has 0 saturated carbocycles. The van der Waals surface area contributed by atoms with E-state index in [4.69, 9.17) is 0 Å². The molecule has 4 nitrogen and oxygen atoms in total. The van der Waals surface area contributed by atoms with E-state index in [2.05, 4.69) is 14.5 Å². The molecule has 0 amide bonds. The van der Waals surface area contributed by atoms with Gasteiger partial charge in [0.15, 0.2) is 5.43 Å². The minimum atomic E-state index is -4.83. The highest BCUT2D eigenvalue weighted by Crippen LogP contribution is 2.28. The lowest BCUT2D eigenvalue weighted by Gasteiger charge is -2.10. The van der Waals surface area contributed by atoms with Gasteiger partial charge in [-0.2, -0.15) is 0 Å². The van der Waals surface area contributed by atoms with Crippen molar-refractivity contribution < 1.29 is 35.8 Å². The molecule has 1 aromatic heterocycles. The fraction of sp³-hybridized carbons (Fsp3) is 0.105. The van der Waals surface area contributed by atoms with E-state index in [-0.39, 0.29) is 11.1 Å². The lowest BCUT2D eigenvalue weighted by Crippen LogP contribution is -2.17. The Bertz CT molecular complexity index is 957. The Morgan fingerprint density at radius 2 is 0.966 bits per heavy atom. The molecule has 0 spiro atoms. The van der Waals surface area contributed by atoms with Crippen LogP contribution in [0.25, 0.3) is 22.3 Å². The number of aromatic amines is 1. The normalized spacial score (nSPS) is 11.9. The molecule has 0 fully saturated rings. The fourth-order valence-corrected chi connectivity index (χ4v) is 2.59. The molecule has 1 N–H and O–H groups in total. The molecule has 1 heterocycles. The summed E-state index contributed by atoms with van der Waals surface area (Å²) in [5, 5.41) is 0. The summed E-state index contributed by atoms with van der Waals surface area (Å²) in [5.74, 6) is -0.872. The van der Waals surface area contributed by atoms with E-state index in [0.29, 0.717) is 11.1 Å². The monoisotopic (exact) mass is 415 g/mol. The minimum Gasteiger partial charge on any atom is -0.406 e. The smallest absolute Gasteiger partial charge is 0.406 e. The molecule has 0 aliphatic rings. The number of alkyl halides is 6. The molecule has 0 aliphatic carbocycles. The van der Waals surface area contributed by atoms with Crippen LogP contribution in [0.1, 0.15) is 0 Å². The Labute approximate surface area is 159 Å². The number of ether oxygens (including phenoxy) is 2. The van der Waals surface area contributed by atoms with Crippen LogP contribution >= 0.6 is 0 Å². The first-order chi connectivity index (χ1) is 13.5. The van der Waals surface area contributed by atoms with Gasteiger partial charge < -0.3 is 14.5 Å². The zero-order chi connectivity index (χ0) is 21.2. The largest absolute Gasteiger partial charge is 0.573 e. The molecule has 0 radical (unpaired) electrons. The highest BCUT2D eigenvalue weighted by atomic mass is 19.4. The summed E-state index contributed by atoms with van der Waals surface area (Å²) in [7, 11) is 0. The molecule has 0 saturated heterocycles. The first kappa shape index (κ1) is 20.3. The molecule has 0 unspecified atom stereocenters. The Kier molecular flexibility index (Phi) is 5.27. The van der Waals surface area contributed by atoms with E-state index in [0.717, 1.165) is 24.3 Å². The van der Waals surface area contributed by atoms with Crippen LogP contribution in [-0.4, -0.2) is 17.7 Å². The SMILES string of the molecule is O=c1c(-c2ccc(OC(F)(F)F)cc2)c[nH]cc1-c1ccc(OC(F)(F)F)cc1. The summed E-state index contributed by atoms with van der Waals surface area (Å²) in [4.78, 5) is 15.5. The lowest BCUT2D eigenvalue weighted by atomic mass is 10.0. The van der Waals surface area contributed by atoms with Gasteiger partial charge in [-0.15, -0.1) is 26.3 Å². The van der Waals surface area contributed by atoms with Gasteiger partial charge in [0.25, 0.3) is 0 Å². The quantitative estimate of drug-likeness (QED) is 0.572. The summed E-state index contributed by atoms with van der Waals surface area (Å²) >= 11 is 0. The minimum absolute atomic E-state index is 0.164. The molecular formula is C19H11F6NO3. The molecule has 2 aromatic carbocycles. The van der Waals surface area contributed by atoms with E-state index in [1.807, 2.05) is 0 Å². The molecule has 152 valence electrons. The second kappa shape index (κ2) is 7.53. The summed E-state index contributed by atoms with van der Waals surface area (Å²) in [5.41, 5.74) is 0.533. The maximum atomic E-state index is 12.8. The number of nitrogens with one attached hydrogen (secondary N) is 1. The van der Waals surface area contributed by atoms with Crippen LogP contribution in [0.2, 0.25) is 0 Å². The summed E-state index contributed by atoms with van der Waals surface area (Å²) in [6, 6.07) is 9.42. The second-order valence-corrected chi connectivity index (χ2v) is 5.76. The van der Waals surface area contributed by atoms with Crippen molar-refractivity contribution in [3.8, 4) is 33.8 Å². The van der Waals surface area contributed by atoms with E-state index in [9.17, 15) is 31.1 Å². The van der Waals surface area contributed by atoms with Gasteiger partial charge in [0.05, 0.1) is 0 Å². The van der Waals surface area contributed by atoms with Crippen LogP contribution in [-0.2, 0) is 0 Å². The number of rotatable bonds is 4. The van der Waals surface area contributed by atoms with Gasteiger partial charge in [-0.3, -0.25) is 4.79 Å². The molecule has 0 aliphatic heterocycles. The first-order valence-electron chi connectivity index (χ1n) is 7.95. The number of pyridine rings is 1. The van der Waals surface area contributed by atoms with E-state index in [1.165, 1.54) is 36.7 Å². The maximum absolute atomic E-state index is 12.8. The van der Waals surface area contributed by atoms with Crippen molar-refractivity contribution in [2.45, 2.75) is 12.7 Å². The van der Waals surface area contributed by atoms with Crippen LogP contribution in [0.15, 0.2) is 65.7 Å². The van der Waals surface area contributed by atoms with Crippen molar-refractivity contribution in [1.82, 2.24) is 4.98 Å². The van der Waals surface area contributed by atoms with Crippen molar-refractivity contribution in [3.05, 3.63) is 71.1 Å². The van der Waals surface area contributed by atoms with E-state index < -0.39 is 29.7 Å². The van der Waals surface area contributed by atoms with Gasteiger partial charge in [0.1, 0.15) is 11.5 Å². The Morgan fingerprint density at radius 1 is 0.621 bits per heavy atom. The summed E-state index contributed by atoms with van der Waals surface area (Å²) in [6.07, 6.45) is -6.93. The van der Waals surface area contributed by atoms with Crippen LogP contribution < -0.4 is 14.9 Å². The van der Waals surface area contributed by atoms with Crippen molar-refractivity contribution in [3.63, 3.8) is 0 Å². The molecule has 0 atom stereocenters. The molecule has 29 heavy (non-hydrogen) atoms. The zero-order valence-electron chi connectivity index (χ0n) is 14.3. The zero-order valence-corrected chi connectivity index (χ0v) is 14.3. The Hall–Kier alpha value is -3.43. The summed E-state index contributed by atoms with van der Waals surface area (Å²) < 4.78 is 81.0. The molecular weight excluding hydrogens is 404 g/mol. The Balaban J connectivity index is 1.89. The number of halogens is 6. The van der Waals surface area contributed by atoms with Crippen molar-refractivity contribution >= 4 is 0 Å². The first-order valence-corrected chi connectivity index (χ1v) is 7.95. The van der Waals surface area contributed by atoms with Crippen LogP contribution in [0.3, 0.4) is 0 Å². The van der Waals surface area contributed by atoms with Crippen LogP contribution in [0.4, 0.5) is 26.3 Å². The van der Waals surface area contributed by atoms with Gasteiger partial charge in [-0.05, 0) is 35.4 Å². The number of benzene rings is 2. The highest BCUT2D eigenvalue weighted by molar-refractivity contribution is 5.72. The van der Waals surface area contributed by atoms with Gasteiger partial charge in [-0.1, -0.05) is 24.3 Å². The average Bonchev–Trinajstić information content (AvgIpc) is 2.61. The Morgan fingerprint density at radius 3 is 1.28 bits per heavy atom. The summed E-state index contributed by atoms with van der Waals surface area (Å²) in [6.45, 7) is 0. The molecule has 3 rings (SSSR count). The topological polar surface area (TPSA) is 51.3 Å².